The summed E-state index contributed by atoms with van der Waals surface area (Å²) in [4.78, 5) is 2.53. The van der Waals surface area contributed by atoms with Crippen LogP contribution < -0.4 is 5.32 Å². The zero-order chi connectivity index (χ0) is 11.3. The smallest absolute Gasteiger partial charge is 0.0656 e. The first-order valence-corrected chi connectivity index (χ1v) is 6.80. The van der Waals surface area contributed by atoms with E-state index >= 15 is 0 Å². The molecule has 92 valence electrons. The van der Waals surface area contributed by atoms with Gasteiger partial charge in [0.15, 0.2) is 0 Å². The highest BCUT2D eigenvalue weighted by molar-refractivity contribution is 5.16. The summed E-state index contributed by atoms with van der Waals surface area (Å²) >= 11 is 0. The number of nitrogens with one attached hydrogen (secondary N) is 2. The van der Waals surface area contributed by atoms with E-state index in [1.54, 1.807) is 0 Å². The van der Waals surface area contributed by atoms with Gasteiger partial charge in [-0.05, 0) is 18.9 Å². The predicted molar refractivity (Wildman–Crippen MR) is 65.8 cm³/mol. The van der Waals surface area contributed by atoms with Crippen LogP contribution in [0.1, 0.15) is 36.6 Å². The van der Waals surface area contributed by atoms with Gasteiger partial charge in [-0.2, -0.15) is 5.10 Å². The van der Waals surface area contributed by atoms with Crippen molar-refractivity contribution in [3.8, 4) is 0 Å². The van der Waals surface area contributed by atoms with Crippen LogP contribution in [0.5, 0.6) is 0 Å². The molecule has 0 radical (unpaired) electrons. The van der Waals surface area contributed by atoms with Crippen LogP contribution in [0.3, 0.4) is 0 Å². The molecule has 2 N–H and O–H groups in total. The molecule has 1 aromatic rings. The molecule has 3 fully saturated rings. The summed E-state index contributed by atoms with van der Waals surface area (Å²) < 4.78 is 0. The third-order valence-electron chi connectivity index (χ3n) is 4.69. The molecule has 17 heavy (non-hydrogen) atoms. The van der Waals surface area contributed by atoms with Crippen LogP contribution in [-0.2, 0) is 6.54 Å². The van der Waals surface area contributed by atoms with E-state index in [0.29, 0.717) is 5.41 Å². The largest absolute Gasteiger partial charge is 0.315 e. The number of likely N-dealkylation sites (tertiary alicyclic amines) is 1. The van der Waals surface area contributed by atoms with Gasteiger partial charge < -0.3 is 5.32 Å². The van der Waals surface area contributed by atoms with Crippen molar-refractivity contribution in [1.82, 2.24) is 20.4 Å². The minimum Gasteiger partial charge on any atom is -0.315 e. The monoisotopic (exact) mass is 232 g/mol. The first kappa shape index (κ1) is 10.1. The highest BCUT2D eigenvalue weighted by atomic mass is 15.3. The molecular formula is C13H20N4. The zero-order valence-corrected chi connectivity index (χ0v) is 10.2. The average molecular weight is 232 g/mol. The van der Waals surface area contributed by atoms with Crippen molar-refractivity contribution >= 4 is 0 Å². The molecule has 2 aliphatic heterocycles. The molecule has 1 saturated carbocycles. The van der Waals surface area contributed by atoms with Crippen LogP contribution in [0, 0.1) is 5.41 Å². The lowest BCUT2D eigenvalue weighted by Gasteiger charge is -2.56. The summed E-state index contributed by atoms with van der Waals surface area (Å²) in [6.07, 6.45) is 4.06. The van der Waals surface area contributed by atoms with Gasteiger partial charge >= 0.3 is 0 Å². The summed E-state index contributed by atoms with van der Waals surface area (Å²) in [6, 6.07) is 2.29. The lowest BCUT2D eigenvalue weighted by Crippen LogP contribution is -2.70. The van der Waals surface area contributed by atoms with Gasteiger partial charge in [0.1, 0.15) is 0 Å². The van der Waals surface area contributed by atoms with E-state index < -0.39 is 0 Å². The molecule has 1 spiro atoms. The highest BCUT2D eigenvalue weighted by Gasteiger charge is 2.47. The lowest BCUT2D eigenvalue weighted by molar-refractivity contribution is -0.0450. The SMILES string of the molecule is c1c(C2CCC2)n[nH]c1CN1CC2(CNC2)C1. The number of aromatic nitrogens is 2. The van der Waals surface area contributed by atoms with Crippen LogP contribution in [0.2, 0.25) is 0 Å². The maximum Gasteiger partial charge on any atom is 0.0656 e. The molecule has 0 bridgehead atoms. The molecule has 3 aliphatic rings. The Bertz CT molecular complexity index is 409. The van der Waals surface area contributed by atoms with Gasteiger partial charge in [0, 0.05) is 49.8 Å². The Morgan fingerprint density at radius 3 is 2.76 bits per heavy atom. The van der Waals surface area contributed by atoms with E-state index in [-0.39, 0.29) is 0 Å². The molecule has 4 heteroatoms. The van der Waals surface area contributed by atoms with Crippen molar-refractivity contribution in [2.45, 2.75) is 31.7 Å². The second kappa shape index (κ2) is 3.56. The molecule has 1 aliphatic carbocycles. The van der Waals surface area contributed by atoms with Gasteiger partial charge in [-0.1, -0.05) is 6.42 Å². The van der Waals surface area contributed by atoms with Crippen LogP contribution in [0.4, 0.5) is 0 Å². The third kappa shape index (κ3) is 1.62. The zero-order valence-electron chi connectivity index (χ0n) is 10.2. The summed E-state index contributed by atoms with van der Waals surface area (Å²) in [5.41, 5.74) is 3.23. The molecule has 2 saturated heterocycles. The minimum absolute atomic E-state index is 0.636. The van der Waals surface area contributed by atoms with E-state index in [1.807, 2.05) is 0 Å². The Morgan fingerprint density at radius 1 is 1.35 bits per heavy atom. The van der Waals surface area contributed by atoms with Gasteiger partial charge in [-0.15, -0.1) is 0 Å². The van der Waals surface area contributed by atoms with Gasteiger partial charge in [0.2, 0.25) is 0 Å². The normalized spacial score (nSPS) is 27.5. The topological polar surface area (TPSA) is 44.0 Å². The summed E-state index contributed by atoms with van der Waals surface area (Å²) in [6.45, 7) is 6.02. The number of nitrogens with zero attached hydrogens (tertiary/aromatic N) is 2. The first-order valence-electron chi connectivity index (χ1n) is 6.80. The van der Waals surface area contributed by atoms with E-state index in [2.05, 4.69) is 26.5 Å². The van der Waals surface area contributed by atoms with Gasteiger partial charge in [-0.3, -0.25) is 10.00 Å². The fourth-order valence-electron chi connectivity index (χ4n) is 3.33. The standard InChI is InChI=1S/C13H20N4/c1-2-10(3-1)12-4-11(15-16-12)5-17-8-13(9-17)6-14-7-13/h4,10,14H,1-3,5-9H2,(H,15,16). The summed E-state index contributed by atoms with van der Waals surface area (Å²) in [7, 11) is 0. The number of rotatable bonds is 3. The number of hydrogen-bond donors (Lipinski definition) is 2. The van der Waals surface area contributed by atoms with Crippen molar-refractivity contribution in [2.75, 3.05) is 26.2 Å². The van der Waals surface area contributed by atoms with Crippen LogP contribution in [-0.4, -0.2) is 41.3 Å². The average Bonchev–Trinajstić information content (AvgIpc) is 2.53. The Morgan fingerprint density at radius 2 is 2.18 bits per heavy atom. The van der Waals surface area contributed by atoms with Gasteiger partial charge in [0.05, 0.1) is 5.69 Å². The summed E-state index contributed by atoms with van der Waals surface area (Å²) in [5, 5.41) is 11.0. The highest BCUT2D eigenvalue weighted by Crippen LogP contribution is 2.37. The minimum atomic E-state index is 0.636. The Hall–Kier alpha value is -0.870. The molecule has 4 rings (SSSR count). The van der Waals surface area contributed by atoms with E-state index in [4.69, 9.17) is 0 Å². The van der Waals surface area contributed by atoms with Crippen LogP contribution in [0.25, 0.3) is 0 Å². The number of hydrogen-bond acceptors (Lipinski definition) is 3. The maximum absolute atomic E-state index is 4.46. The maximum atomic E-state index is 4.46. The van der Waals surface area contributed by atoms with Crippen molar-refractivity contribution in [3.63, 3.8) is 0 Å². The van der Waals surface area contributed by atoms with Crippen molar-refractivity contribution < 1.29 is 0 Å². The van der Waals surface area contributed by atoms with E-state index in [0.717, 1.165) is 12.5 Å². The molecule has 0 aromatic carbocycles. The van der Waals surface area contributed by atoms with Crippen molar-refractivity contribution in [1.29, 1.82) is 0 Å². The van der Waals surface area contributed by atoms with Crippen LogP contribution in [0.15, 0.2) is 6.07 Å². The molecule has 3 heterocycles. The molecule has 0 amide bonds. The third-order valence-corrected chi connectivity index (χ3v) is 4.69. The molecular weight excluding hydrogens is 212 g/mol. The van der Waals surface area contributed by atoms with Crippen molar-refractivity contribution in [3.05, 3.63) is 17.5 Å². The molecule has 0 atom stereocenters. The molecule has 1 aromatic heterocycles. The first-order chi connectivity index (χ1) is 8.33. The number of aromatic amines is 1. The predicted octanol–water partition coefficient (Wildman–Crippen LogP) is 1.08. The lowest BCUT2D eigenvalue weighted by atomic mass is 9.74. The second-order valence-electron chi connectivity index (χ2n) is 6.19. The Labute approximate surface area is 102 Å². The van der Waals surface area contributed by atoms with Crippen LogP contribution >= 0.6 is 0 Å². The second-order valence-corrected chi connectivity index (χ2v) is 6.19. The van der Waals surface area contributed by atoms with Crippen molar-refractivity contribution in [2.24, 2.45) is 5.41 Å². The molecule has 4 nitrogen and oxygen atoms in total. The fraction of sp³-hybridized carbons (Fsp3) is 0.769. The van der Waals surface area contributed by atoms with E-state index in [1.165, 1.54) is 56.8 Å². The Balaban J connectivity index is 1.34. The van der Waals surface area contributed by atoms with E-state index in [9.17, 15) is 0 Å². The number of H-pyrrole nitrogens is 1. The van der Waals surface area contributed by atoms with Gasteiger partial charge in [-0.25, -0.2) is 0 Å². The Kier molecular flexibility index (Phi) is 2.11. The quantitative estimate of drug-likeness (QED) is 0.819. The molecule has 0 unspecified atom stereocenters. The summed E-state index contributed by atoms with van der Waals surface area (Å²) in [5.74, 6) is 0.749. The fourth-order valence-corrected chi connectivity index (χ4v) is 3.33. The van der Waals surface area contributed by atoms with Gasteiger partial charge in [0.25, 0.3) is 0 Å².